The fourth-order valence-electron chi connectivity index (χ4n) is 2.97. The number of carboxylic acid groups (broad SMARTS) is 1. The van der Waals surface area contributed by atoms with E-state index >= 15 is 0 Å². The van der Waals surface area contributed by atoms with Gasteiger partial charge in [0, 0.05) is 19.0 Å². The summed E-state index contributed by atoms with van der Waals surface area (Å²) in [7, 11) is 0. The smallest absolute Gasteiger partial charge is 0.315 e. The molecule has 1 aliphatic rings. The lowest BCUT2D eigenvalue weighted by Crippen LogP contribution is -2.44. The molecule has 1 rings (SSSR count). The quantitative estimate of drug-likeness (QED) is 0.672. The van der Waals surface area contributed by atoms with E-state index in [0.29, 0.717) is 18.4 Å². The van der Waals surface area contributed by atoms with Gasteiger partial charge in [-0.05, 0) is 37.0 Å². The predicted octanol–water partition coefficient (Wildman–Crippen LogP) is 2.61. The van der Waals surface area contributed by atoms with Gasteiger partial charge in [0.15, 0.2) is 0 Å². The van der Waals surface area contributed by atoms with E-state index in [4.69, 9.17) is 5.11 Å². The average Bonchev–Trinajstić information content (AvgIpc) is 2.70. The number of carbonyl (C=O) groups excluding carboxylic acids is 1. The molecule has 1 fully saturated rings. The monoisotopic (exact) mass is 284 g/mol. The molecule has 0 aromatic heterocycles. The third-order valence-corrected chi connectivity index (χ3v) is 4.00. The Labute approximate surface area is 121 Å². The van der Waals surface area contributed by atoms with Gasteiger partial charge in [-0.1, -0.05) is 27.2 Å². The third kappa shape index (κ3) is 6.26. The summed E-state index contributed by atoms with van der Waals surface area (Å²) in [6.45, 7) is 6.71. The Kier molecular flexibility index (Phi) is 6.82. The molecule has 116 valence electrons. The molecule has 3 atom stereocenters. The number of nitrogens with one attached hydrogen (secondary N) is 2. The largest absolute Gasteiger partial charge is 0.481 e. The lowest BCUT2D eigenvalue weighted by molar-refractivity contribution is -0.138. The first-order valence-electron chi connectivity index (χ1n) is 7.64. The second-order valence-electron chi connectivity index (χ2n) is 6.46. The molecule has 2 amide bonds. The molecular weight excluding hydrogens is 256 g/mol. The van der Waals surface area contributed by atoms with Crippen LogP contribution in [0.25, 0.3) is 0 Å². The molecule has 0 saturated heterocycles. The lowest BCUT2D eigenvalue weighted by atomic mass is 9.94. The minimum Gasteiger partial charge on any atom is -0.481 e. The number of hydrogen-bond acceptors (Lipinski definition) is 2. The van der Waals surface area contributed by atoms with Crippen molar-refractivity contribution in [2.75, 3.05) is 6.54 Å². The van der Waals surface area contributed by atoms with Crippen LogP contribution in [0.5, 0.6) is 0 Å². The molecule has 5 heteroatoms. The van der Waals surface area contributed by atoms with E-state index in [1.165, 1.54) is 12.8 Å². The molecular formula is C15H28N2O3. The Balaban J connectivity index is 2.33. The second-order valence-corrected chi connectivity index (χ2v) is 6.46. The summed E-state index contributed by atoms with van der Waals surface area (Å²) in [4.78, 5) is 22.7. The summed E-state index contributed by atoms with van der Waals surface area (Å²) in [6.07, 6.45) is 4.30. The normalized spacial score (nSPS) is 23.6. The van der Waals surface area contributed by atoms with Crippen LogP contribution < -0.4 is 10.6 Å². The van der Waals surface area contributed by atoms with E-state index in [0.717, 1.165) is 12.8 Å². The van der Waals surface area contributed by atoms with Crippen molar-refractivity contribution in [3.63, 3.8) is 0 Å². The molecule has 1 saturated carbocycles. The van der Waals surface area contributed by atoms with E-state index in [-0.39, 0.29) is 24.4 Å². The van der Waals surface area contributed by atoms with Crippen molar-refractivity contribution >= 4 is 12.0 Å². The molecule has 20 heavy (non-hydrogen) atoms. The van der Waals surface area contributed by atoms with Gasteiger partial charge in [-0.2, -0.15) is 0 Å². The Morgan fingerprint density at radius 2 is 2.00 bits per heavy atom. The van der Waals surface area contributed by atoms with Crippen LogP contribution in [0, 0.1) is 17.8 Å². The third-order valence-electron chi connectivity index (χ3n) is 4.00. The molecule has 0 bridgehead atoms. The highest BCUT2D eigenvalue weighted by molar-refractivity contribution is 5.74. The highest BCUT2D eigenvalue weighted by Gasteiger charge is 2.25. The zero-order valence-electron chi connectivity index (χ0n) is 12.8. The minimum atomic E-state index is -0.803. The van der Waals surface area contributed by atoms with Crippen LogP contribution in [0.15, 0.2) is 0 Å². The number of urea groups is 1. The maximum atomic E-state index is 11.9. The summed E-state index contributed by atoms with van der Waals surface area (Å²) < 4.78 is 0. The van der Waals surface area contributed by atoms with E-state index in [2.05, 4.69) is 31.4 Å². The van der Waals surface area contributed by atoms with Gasteiger partial charge in [-0.3, -0.25) is 4.79 Å². The Bertz CT molecular complexity index is 331. The maximum Gasteiger partial charge on any atom is 0.315 e. The Morgan fingerprint density at radius 1 is 1.30 bits per heavy atom. The first-order valence-corrected chi connectivity index (χ1v) is 7.64. The highest BCUT2D eigenvalue weighted by Crippen LogP contribution is 2.24. The molecule has 0 aromatic carbocycles. The van der Waals surface area contributed by atoms with Gasteiger partial charge in [0.25, 0.3) is 0 Å². The molecule has 0 heterocycles. The zero-order chi connectivity index (χ0) is 15.1. The molecule has 0 radical (unpaired) electrons. The Morgan fingerprint density at radius 3 is 2.50 bits per heavy atom. The van der Waals surface area contributed by atoms with Gasteiger partial charge in [0.05, 0.1) is 0 Å². The number of carbonyl (C=O) groups is 2. The van der Waals surface area contributed by atoms with E-state index in [1.54, 1.807) is 0 Å². The molecule has 1 aliphatic carbocycles. The van der Waals surface area contributed by atoms with Crippen molar-refractivity contribution in [2.45, 2.75) is 58.9 Å². The molecule has 0 spiro atoms. The van der Waals surface area contributed by atoms with Gasteiger partial charge in [0.2, 0.25) is 0 Å². The SMILES string of the molecule is CC(C)C[C@H](CNC(=O)NC1CCCC1C)CC(=O)O. The van der Waals surface area contributed by atoms with Gasteiger partial charge in [-0.15, -0.1) is 0 Å². The summed E-state index contributed by atoms with van der Waals surface area (Å²) in [5, 5.41) is 14.7. The van der Waals surface area contributed by atoms with Crippen molar-refractivity contribution in [1.29, 1.82) is 0 Å². The Hall–Kier alpha value is -1.26. The van der Waals surface area contributed by atoms with Crippen LogP contribution in [0.4, 0.5) is 4.79 Å². The van der Waals surface area contributed by atoms with Crippen LogP contribution in [0.2, 0.25) is 0 Å². The van der Waals surface area contributed by atoms with Gasteiger partial charge < -0.3 is 15.7 Å². The molecule has 3 N–H and O–H groups in total. The maximum absolute atomic E-state index is 11.9. The van der Waals surface area contributed by atoms with Gasteiger partial charge in [0.1, 0.15) is 0 Å². The van der Waals surface area contributed by atoms with E-state index < -0.39 is 5.97 Å². The summed E-state index contributed by atoms with van der Waals surface area (Å²) >= 11 is 0. The summed E-state index contributed by atoms with van der Waals surface area (Å²) in [5.41, 5.74) is 0. The van der Waals surface area contributed by atoms with Crippen molar-refractivity contribution in [3.05, 3.63) is 0 Å². The van der Waals surface area contributed by atoms with Crippen LogP contribution in [0.1, 0.15) is 52.9 Å². The first kappa shape index (κ1) is 16.8. The molecule has 5 nitrogen and oxygen atoms in total. The van der Waals surface area contributed by atoms with Gasteiger partial charge >= 0.3 is 12.0 Å². The number of rotatable bonds is 7. The fourth-order valence-corrected chi connectivity index (χ4v) is 2.97. The van der Waals surface area contributed by atoms with Crippen LogP contribution in [-0.2, 0) is 4.79 Å². The number of hydrogen-bond donors (Lipinski definition) is 3. The topological polar surface area (TPSA) is 78.4 Å². The van der Waals surface area contributed by atoms with Crippen molar-refractivity contribution in [3.8, 4) is 0 Å². The van der Waals surface area contributed by atoms with Gasteiger partial charge in [-0.25, -0.2) is 4.79 Å². The number of amides is 2. The predicted molar refractivity (Wildman–Crippen MR) is 78.5 cm³/mol. The number of aliphatic carboxylic acids is 1. The van der Waals surface area contributed by atoms with Crippen LogP contribution in [-0.4, -0.2) is 29.7 Å². The van der Waals surface area contributed by atoms with Crippen LogP contribution in [0.3, 0.4) is 0 Å². The fraction of sp³-hybridized carbons (Fsp3) is 0.867. The standard InChI is InChI=1S/C15H28N2O3/c1-10(2)7-12(8-14(18)19)9-16-15(20)17-13-6-4-5-11(13)3/h10-13H,4-9H2,1-3H3,(H,18,19)(H2,16,17,20)/t11?,12-,13?/m0/s1. The average molecular weight is 284 g/mol. The van der Waals surface area contributed by atoms with Crippen molar-refractivity contribution < 1.29 is 14.7 Å². The second kappa shape index (κ2) is 8.12. The molecule has 2 unspecified atom stereocenters. The highest BCUT2D eigenvalue weighted by atomic mass is 16.4. The van der Waals surface area contributed by atoms with E-state index in [9.17, 15) is 9.59 Å². The van der Waals surface area contributed by atoms with E-state index in [1.807, 2.05) is 0 Å². The summed E-state index contributed by atoms with van der Waals surface area (Å²) in [5.74, 6) is 0.159. The van der Waals surface area contributed by atoms with Crippen LogP contribution >= 0.6 is 0 Å². The first-order chi connectivity index (χ1) is 9.38. The van der Waals surface area contributed by atoms with Crippen molar-refractivity contribution in [2.24, 2.45) is 17.8 Å². The molecule has 0 aromatic rings. The summed E-state index contributed by atoms with van der Waals surface area (Å²) in [6, 6.07) is 0.0981. The van der Waals surface area contributed by atoms with Crippen molar-refractivity contribution in [1.82, 2.24) is 10.6 Å². The zero-order valence-corrected chi connectivity index (χ0v) is 12.8. The lowest BCUT2D eigenvalue weighted by Gasteiger charge is -2.21. The molecule has 0 aliphatic heterocycles. The number of carboxylic acids is 1. The minimum absolute atomic E-state index is 0.000693.